The number of hydrazine groups is 1. The van der Waals surface area contributed by atoms with E-state index in [0.717, 1.165) is 5.56 Å². The number of hydrogen-bond acceptors (Lipinski definition) is 7. The number of nitrogens with one attached hydrogen (secondary N) is 2. The first-order chi connectivity index (χ1) is 12.6. The lowest BCUT2D eigenvalue weighted by molar-refractivity contribution is -0.122. The van der Waals surface area contributed by atoms with Crippen LogP contribution in [0.5, 0.6) is 5.75 Å². The highest BCUT2D eigenvalue weighted by Crippen LogP contribution is 2.13. The van der Waals surface area contributed by atoms with Crippen LogP contribution in [0.15, 0.2) is 24.3 Å². The molecule has 8 heteroatoms. The molecule has 0 saturated heterocycles. The molecular weight excluding hydrogens is 338 g/mol. The number of hydrogen-bond donors (Lipinski definition) is 3. The Morgan fingerprint density at radius 1 is 1.08 bits per heavy atom. The Balaban J connectivity index is 0.00000301. The number of amides is 1. The Bertz CT molecular complexity index is 511. The topological polar surface area (TPSA) is 112 Å². The molecule has 1 aromatic carbocycles. The van der Waals surface area contributed by atoms with Gasteiger partial charge in [-0.1, -0.05) is 26.0 Å². The molecule has 26 heavy (non-hydrogen) atoms. The minimum absolute atomic E-state index is 0.00584. The summed E-state index contributed by atoms with van der Waals surface area (Å²) < 4.78 is 16.0. The molecule has 0 aromatic heterocycles. The second-order valence-corrected chi connectivity index (χ2v) is 5.02. The van der Waals surface area contributed by atoms with Crippen molar-refractivity contribution in [2.75, 3.05) is 39.6 Å². The standard InChI is InChI=1S/C16H25N3O5.C2H6/c1-13(20)12-23-6-5-22-7-8-24-15-4-2-3-14(9-15)10-18-16(21)11-19-17;1-2/h2-4,9,19H,5-8,10-12,17H2,1H3,(H,18,21);1-2H3. The van der Waals surface area contributed by atoms with Gasteiger partial charge < -0.3 is 19.5 Å². The van der Waals surface area contributed by atoms with Crippen LogP contribution in [0, 0.1) is 0 Å². The molecule has 0 fully saturated rings. The fourth-order valence-corrected chi connectivity index (χ4v) is 1.76. The number of ketones is 1. The summed E-state index contributed by atoms with van der Waals surface area (Å²) in [6.45, 7) is 7.69. The zero-order valence-corrected chi connectivity index (χ0v) is 15.9. The van der Waals surface area contributed by atoms with Gasteiger partial charge in [0.25, 0.3) is 0 Å². The molecule has 0 spiro atoms. The van der Waals surface area contributed by atoms with E-state index in [0.29, 0.717) is 38.7 Å². The van der Waals surface area contributed by atoms with Crippen LogP contribution in [0.25, 0.3) is 0 Å². The van der Waals surface area contributed by atoms with Crippen molar-refractivity contribution in [2.45, 2.75) is 27.3 Å². The summed E-state index contributed by atoms with van der Waals surface area (Å²) in [6, 6.07) is 7.44. The Labute approximate surface area is 155 Å². The SMILES string of the molecule is CC.CC(=O)COCCOCCOc1cccc(CNC(=O)CNN)c1. The van der Waals surface area contributed by atoms with Crippen molar-refractivity contribution in [3.05, 3.63) is 29.8 Å². The molecule has 0 heterocycles. The second kappa shape index (κ2) is 16.5. The monoisotopic (exact) mass is 369 g/mol. The molecule has 4 N–H and O–H groups in total. The molecule has 148 valence electrons. The van der Waals surface area contributed by atoms with E-state index in [4.69, 9.17) is 20.1 Å². The Hall–Kier alpha value is -2.00. The van der Waals surface area contributed by atoms with Gasteiger partial charge in [0.2, 0.25) is 5.91 Å². The highest BCUT2D eigenvalue weighted by Gasteiger charge is 2.01. The summed E-state index contributed by atoms with van der Waals surface area (Å²) in [4.78, 5) is 22.0. The summed E-state index contributed by atoms with van der Waals surface area (Å²) in [5, 5.41) is 2.73. The molecule has 1 amide bonds. The van der Waals surface area contributed by atoms with Gasteiger partial charge in [-0.3, -0.25) is 20.9 Å². The van der Waals surface area contributed by atoms with Gasteiger partial charge in [0.1, 0.15) is 19.0 Å². The average Bonchev–Trinajstić information content (AvgIpc) is 2.64. The van der Waals surface area contributed by atoms with E-state index in [-0.39, 0.29) is 24.8 Å². The predicted molar refractivity (Wildman–Crippen MR) is 99.6 cm³/mol. The van der Waals surface area contributed by atoms with Gasteiger partial charge in [-0.2, -0.15) is 0 Å². The van der Waals surface area contributed by atoms with E-state index in [1.165, 1.54) is 6.92 Å². The van der Waals surface area contributed by atoms with Gasteiger partial charge in [-0.25, -0.2) is 0 Å². The number of nitrogens with two attached hydrogens (primary N) is 1. The maximum atomic E-state index is 11.3. The largest absolute Gasteiger partial charge is 0.491 e. The minimum atomic E-state index is -0.177. The van der Waals surface area contributed by atoms with Gasteiger partial charge in [0, 0.05) is 6.54 Å². The third-order valence-electron chi connectivity index (χ3n) is 2.82. The molecule has 0 aliphatic carbocycles. The summed E-state index contributed by atoms with van der Waals surface area (Å²) >= 11 is 0. The first-order valence-corrected chi connectivity index (χ1v) is 8.68. The van der Waals surface area contributed by atoms with Crippen LogP contribution in [0.4, 0.5) is 0 Å². The molecule has 0 bridgehead atoms. The van der Waals surface area contributed by atoms with Crippen LogP contribution in [0.2, 0.25) is 0 Å². The molecule has 1 aromatic rings. The van der Waals surface area contributed by atoms with Crippen molar-refractivity contribution in [2.24, 2.45) is 5.84 Å². The molecule has 8 nitrogen and oxygen atoms in total. The number of ether oxygens (including phenoxy) is 3. The molecule has 0 aliphatic rings. The smallest absolute Gasteiger partial charge is 0.235 e. The molecule has 0 unspecified atom stereocenters. The molecule has 0 aliphatic heterocycles. The van der Waals surface area contributed by atoms with E-state index in [1.54, 1.807) is 0 Å². The summed E-state index contributed by atoms with van der Waals surface area (Å²) in [5.74, 6) is 5.60. The van der Waals surface area contributed by atoms with Gasteiger partial charge >= 0.3 is 0 Å². The van der Waals surface area contributed by atoms with Crippen molar-refractivity contribution < 1.29 is 23.8 Å². The lowest BCUT2D eigenvalue weighted by Crippen LogP contribution is -2.36. The van der Waals surface area contributed by atoms with Crippen LogP contribution in [-0.4, -0.2) is 51.3 Å². The van der Waals surface area contributed by atoms with Crippen molar-refractivity contribution >= 4 is 11.7 Å². The average molecular weight is 369 g/mol. The van der Waals surface area contributed by atoms with Crippen LogP contribution in [-0.2, 0) is 25.6 Å². The van der Waals surface area contributed by atoms with Gasteiger partial charge in [-0.05, 0) is 24.6 Å². The Morgan fingerprint density at radius 3 is 2.46 bits per heavy atom. The molecule has 0 radical (unpaired) electrons. The molecular formula is C18H31N3O5. The number of rotatable bonds is 13. The maximum Gasteiger partial charge on any atom is 0.235 e. The number of Topliss-reactive ketones (excluding diaryl/α,β-unsaturated/α-hetero) is 1. The van der Waals surface area contributed by atoms with Crippen molar-refractivity contribution in [3.8, 4) is 5.75 Å². The predicted octanol–water partition coefficient (Wildman–Crippen LogP) is 0.793. The normalized spacial score (nSPS) is 9.85. The van der Waals surface area contributed by atoms with E-state index in [9.17, 15) is 9.59 Å². The fraction of sp³-hybridized carbons (Fsp3) is 0.556. The summed E-state index contributed by atoms with van der Waals surface area (Å²) in [7, 11) is 0. The van der Waals surface area contributed by atoms with Gasteiger partial charge in [0.15, 0.2) is 5.78 Å². The zero-order valence-electron chi connectivity index (χ0n) is 15.9. The van der Waals surface area contributed by atoms with Gasteiger partial charge in [0.05, 0.1) is 26.4 Å². The van der Waals surface area contributed by atoms with E-state index in [2.05, 4.69) is 10.7 Å². The lowest BCUT2D eigenvalue weighted by Gasteiger charge is -2.09. The van der Waals surface area contributed by atoms with Crippen molar-refractivity contribution in [1.82, 2.24) is 10.7 Å². The van der Waals surface area contributed by atoms with E-state index >= 15 is 0 Å². The fourth-order valence-electron chi connectivity index (χ4n) is 1.76. The zero-order chi connectivity index (χ0) is 19.6. The Kier molecular flexibility index (Phi) is 15.2. The minimum Gasteiger partial charge on any atom is -0.491 e. The maximum absolute atomic E-state index is 11.3. The summed E-state index contributed by atoms with van der Waals surface area (Å²) in [6.07, 6.45) is 0. The molecule has 0 atom stereocenters. The third-order valence-corrected chi connectivity index (χ3v) is 2.82. The lowest BCUT2D eigenvalue weighted by atomic mass is 10.2. The number of carbonyl (C=O) groups is 2. The van der Waals surface area contributed by atoms with Gasteiger partial charge in [-0.15, -0.1) is 0 Å². The van der Waals surface area contributed by atoms with E-state index < -0.39 is 0 Å². The van der Waals surface area contributed by atoms with Crippen LogP contribution in [0.3, 0.4) is 0 Å². The quantitative estimate of drug-likeness (QED) is 0.268. The highest BCUT2D eigenvalue weighted by molar-refractivity contribution is 5.77. The number of carbonyl (C=O) groups excluding carboxylic acids is 2. The third kappa shape index (κ3) is 13.3. The van der Waals surface area contributed by atoms with Crippen LogP contribution in [0.1, 0.15) is 26.3 Å². The molecule has 0 saturated carbocycles. The molecule has 1 rings (SSSR count). The Morgan fingerprint density at radius 2 is 1.77 bits per heavy atom. The van der Waals surface area contributed by atoms with Crippen molar-refractivity contribution in [1.29, 1.82) is 0 Å². The van der Waals surface area contributed by atoms with E-state index in [1.807, 2.05) is 38.1 Å². The second-order valence-electron chi connectivity index (χ2n) is 5.02. The summed E-state index contributed by atoms with van der Waals surface area (Å²) in [5.41, 5.74) is 3.22. The van der Waals surface area contributed by atoms with Crippen LogP contribution >= 0.6 is 0 Å². The van der Waals surface area contributed by atoms with Crippen LogP contribution < -0.4 is 21.3 Å². The first-order valence-electron chi connectivity index (χ1n) is 8.68. The van der Waals surface area contributed by atoms with Crippen molar-refractivity contribution in [3.63, 3.8) is 0 Å². The number of benzene rings is 1. The first kappa shape index (κ1) is 24.0. The highest BCUT2D eigenvalue weighted by atomic mass is 16.5.